The summed E-state index contributed by atoms with van der Waals surface area (Å²) in [6.07, 6.45) is 1.56. The van der Waals surface area contributed by atoms with E-state index in [0.29, 0.717) is 17.1 Å². The molecule has 96 valence electrons. The fourth-order valence-corrected chi connectivity index (χ4v) is 2.02. The Hall–Kier alpha value is -1.63. The lowest BCUT2D eigenvalue weighted by molar-refractivity contribution is -0.0328. The molecule has 0 amide bonds. The molecule has 0 radical (unpaired) electrons. The fourth-order valence-electron chi connectivity index (χ4n) is 1.48. The molecular weight excluding hydrogens is 263 g/mol. The van der Waals surface area contributed by atoms with E-state index in [0.717, 1.165) is 0 Å². The number of thioether (sulfide) groups is 1. The number of hydrogen-bond acceptors (Lipinski definition) is 3. The van der Waals surface area contributed by atoms with E-state index in [1.165, 1.54) is 12.1 Å². The minimum atomic E-state index is -4.27. The molecule has 1 heterocycles. The lowest BCUT2D eigenvalue weighted by Crippen LogP contribution is -1.99. The van der Waals surface area contributed by atoms with Crippen LogP contribution < -0.4 is 5.73 Å². The summed E-state index contributed by atoms with van der Waals surface area (Å²) < 4.78 is 38.1. The molecule has 0 bridgehead atoms. The van der Waals surface area contributed by atoms with E-state index in [1.807, 2.05) is 0 Å². The van der Waals surface area contributed by atoms with E-state index in [2.05, 4.69) is 4.98 Å². The molecule has 2 rings (SSSR count). The number of imidazole rings is 1. The number of alkyl halides is 3. The zero-order valence-electron chi connectivity index (χ0n) is 9.40. The second-order valence-corrected chi connectivity index (χ2v) is 4.80. The SMILES string of the molecule is Cn1cnc(-c2ccc(SC(F)(F)F)cc2)c1N. The average Bonchev–Trinajstić information content (AvgIpc) is 2.59. The summed E-state index contributed by atoms with van der Waals surface area (Å²) in [6.45, 7) is 0. The number of anilines is 1. The van der Waals surface area contributed by atoms with E-state index >= 15 is 0 Å². The monoisotopic (exact) mass is 273 g/mol. The first-order chi connectivity index (χ1) is 8.37. The predicted octanol–water partition coefficient (Wildman–Crippen LogP) is 3.28. The van der Waals surface area contributed by atoms with Gasteiger partial charge in [-0.05, 0) is 23.9 Å². The van der Waals surface area contributed by atoms with Crippen molar-refractivity contribution >= 4 is 17.6 Å². The molecule has 0 aliphatic carbocycles. The maximum atomic E-state index is 12.2. The van der Waals surface area contributed by atoms with Crippen molar-refractivity contribution in [2.24, 2.45) is 7.05 Å². The molecule has 18 heavy (non-hydrogen) atoms. The van der Waals surface area contributed by atoms with E-state index in [-0.39, 0.29) is 16.7 Å². The molecular formula is C11H10F3N3S. The topological polar surface area (TPSA) is 43.8 Å². The highest BCUT2D eigenvalue weighted by Crippen LogP contribution is 2.37. The Labute approximate surface area is 106 Å². The third-order valence-electron chi connectivity index (χ3n) is 2.34. The van der Waals surface area contributed by atoms with Gasteiger partial charge in [0.25, 0.3) is 0 Å². The second kappa shape index (κ2) is 4.56. The summed E-state index contributed by atoms with van der Waals surface area (Å²) in [7, 11) is 1.75. The Balaban J connectivity index is 2.25. The van der Waals surface area contributed by atoms with Crippen LogP contribution in [0.3, 0.4) is 0 Å². The first-order valence-corrected chi connectivity index (χ1v) is 5.81. The highest BCUT2D eigenvalue weighted by molar-refractivity contribution is 8.00. The number of rotatable bonds is 2. The quantitative estimate of drug-likeness (QED) is 0.854. The lowest BCUT2D eigenvalue weighted by atomic mass is 10.1. The summed E-state index contributed by atoms with van der Waals surface area (Å²) in [5.41, 5.74) is 2.78. The van der Waals surface area contributed by atoms with Gasteiger partial charge in [-0.3, -0.25) is 0 Å². The molecule has 0 unspecified atom stereocenters. The Morgan fingerprint density at radius 3 is 2.28 bits per heavy atom. The van der Waals surface area contributed by atoms with Crippen LogP contribution in [0.2, 0.25) is 0 Å². The average molecular weight is 273 g/mol. The molecule has 1 aromatic carbocycles. The maximum Gasteiger partial charge on any atom is 0.446 e. The van der Waals surface area contributed by atoms with Crippen LogP contribution in [0, 0.1) is 0 Å². The van der Waals surface area contributed by atoms with E-state index in [1.54, 1.807) is 30.1 Å². The number of hydrogen-bond donors (Lipinski definition) is 1. The predicted molar refractivity (Wildman–Crippen MR) is 65.0 cm³/mol. The van der Waals surface area contributed by atoms with E-state index in [9.17, 15) is 13.2 Å². The molecule has 3 nitrogen and oxygen atoms in total. The van der Waals surface area contributed by atoms with Gasteiger partial charge in [-0.15, -0.1) is 0 Å². The normalized spacial score (nSPS) is 11.8. The van der Waals surface area contributed by atoms with Gasteiger partial charge in [-0.1, -0.05) is 12.1 Å². The number of benzene rings is 1. The van der Waals surface area contributed by atoms with Gasteiger partial charge in [0.05, 0.1) is 6.33 Å². The van der Waals surface area contributed by atoms with Gasteiger partial charge in [0.1, 0.15) is 11.5 Å². The second-order valence-electron chi connectivity index (χ2n) is 3.66. The van der Waals surface area contributed by atoms with Crippen LogP contribution in [0.4, 0.5) is 19.0 Å². The van der Waals surface area contributed by atoms with Gasteiger partial charge in [-0.25, -0.2) is 4.98 Å². The minimum absolute atomic E-state index is 0.140. The largest absolute Gasteiger partial charge is 0.446 e. The van der Waals surface area contributed by atoms with Gasteiger partial charge < -0.3 is 10.3 Å². The maximum absolute atomic E-state index is 12.2. The molecule has 0 saturated carbocycles. The third-order valence-corrected chi connectivity index (χ3v) is 3.08. The van der Waals surface area contributed by atoms with Crippen molar-refractivity contribution in [1.29, 1.82) is 0 Å². The summed E-state index contributed by atoms with van der Waals surface area (Å²) in [5.74, 6) is 0.478. The van der Waals surface area contributed by atoms with Gasteiger partial charge >= 0.3 is 5.51 Å². The fraction of sp³-hybridized carbons (Fsp3) is 0.182. The van der Waals surface area contributed by atoms with Crippen molar-refractivity contribution in [3.63, 3.8) is 0 Å². The van der Waals surface area contributed by atoms with Crippen LogP contribution in [-0.4, -0.2) is 15.1 Å². The van der Waals surface area contributed by atoms with E-state index < -0.39 is 5.51 Å². The standard InChI is InChI=1S/C11H10F3N3S/c1-17-6-16-9(10(17)15)7-2-4-8(5-3-7)18-11(12,13)14/h2-6H,15H2,1H3. The summed E-state index contributed by atoms with van der Waals surface area (Å²) in [4.78, 5) is 4.24. The highest BCUT2D eigenvalue weighted by atomic mass is 32.2. The van der Waals surface area contributed by atoms with Gasteiger partial charge in [0.15, 0.2) is 0 Å². The summed E-state index contributed by atoms with van der Waals surface area (Å²) in [5, 5.41) is 0. The van der Waals surface area contributed by atoms with Crippen LogP contribution in [-0.2, 0) is 7.05 Å². The first-order valence-electron chi connectivity index (χ1n) is 5.00. The Morgan fingerprint density at radius 1 is 1.22 bits per heavy atom. The van der Waals surface area contributed by atoms with Crippen LogP contribution >= 0.6 is 11.8 Å². The molecule has 2 aromatic rings. The zero-order chi connectivity index (χ0) is 13.3. The lowest BCUT2D eigenvalue weighted by Gasteiger charge is -2.06. The van der Waals surface area contributed by atoms with Crippen molar-refractivity contribution in [2.45, 2.75) is 10.4 Å². The Morgan fingerprint density at radius 2 is 1.83 bits per heavy atom. The van der Waals surface area contributed by atoms with Crippen molar-refractivity contribution in [3.8, 4) is 11.3 Å². The number of aromatic nitrogens is 2. The number of halogens is 3. The third kappa shape index (κ3) is 2.79. The molecule has 1 aromatic heterocycles. The number of nitrogens with two attached hydrogens (primary N) is 1. The van der Waals surface area contributed by atoms with Crippen LogP contribution in [0.5, 0.6) is 0 Å². The summed E-state index contributed by atoms with van der Waals surface area (Å²) >= 11 is -0.143. The van der Waals surface area contributed by atoms with Crippen molar-refractivity contribution in [2.75, 3.05) is 5.73 Å². The van der Waals surface area contributed by atoms with Gasteiger partial charge in [0.2, 0.25) is 0 Å². The van der Waals surface area contributed by atoms with Crippen molar-refractivity contribution < 1.29 is 13.2 Å². The highest BCUT2D eigenvalue weighted by Gasteiger charge is 2.29. The van der Waals surface area contributed by atoms with Crippen LogP contribution in [0.1, 0.15) is 0 Å². The molecule has 2 N–H and O–H groups in total. The molecule has 0 aliphatic rings. The Kier molecular flexibility index (Phi) is 3.25. The minimum Gasteiger partial charge on any atom is -0.383 e. The van der Waals surface area contributed by atoms with Crippen molar-refractivity contribution in [1.82, 2.24) is 9.55 Å². The molecule has 0 atom stereocenters. The van der Waals surface area contributed by atoms with E-state index in [4.69, 9.17) is 5.73 Å². The molecule has 7 heteroatoms. The first kappa shape index (κ1) is 12.8. The number of nitrogen functional groups attached to an aromatic ring is 1. The number of aryl methyl sites for hydroxylation is 1. The smallest absolute Gasteiger partial charge is 0.383 e. The van der Waals surface area contributed by atoms with Crippen molar-refractivity contribution in [3.05, 3.63) is 30.6 Å². The van der Waals surface area contributed by atoms with Gasteiger partial charge in [-0.2, -0.15) is 13.2 Å². The Bertz CT molecular complexity index is 546. The molecule has 0 aliphatic heterocycles. The molecule has 0 spiro atoms. The number of nitrogens with zero attached hydrogens (tertiary/aromatic N) is 2. The molecule has 0 fully saturated rings. The zero-order valence-corrected chi connectivity index (χ0v) is 10.2. The molecule has 0 saturated heterocycles. The van der Waals surface area contributed by atoms with Crippen LogP contribution in [0.15, 0.2) is 35.5 Å². The van der Waals surface area contributed by atoms with Gasteiger partial charge in [0, 0.05) is 17.5 Å². The summed E-state index contributed by atoms with van der Waals surface area (Å²) in [6, 6.07) is 5.96. The van der Waals surface area contributed by atoms with Crippen LogP contribution in [0.25, 0.3) is 11.3 Å².